The van der Waals surface area contributed by atoms with E-state index in [1.165, 1.54) is 31.1 Å². The minimum absolute atomic E-state index is 0.135. The van der Waals surface area contributed by atoms with Gasteiger partial charge in [0.05, 0.1) is 0 Å². The molecular formula is C17H20N2O2. The number of rotatable bonds is 3. The molecule has 1 saturated carbocycles. The Balaban J connectivity index is 1.69. The SMILES string of the molecule is Cc1ccc(-c2nc(C(=O)NC3CCCCC3)co2)cc1. The highest BCUT2D eigenvalue weighted by Gasteiger charge is 2.19. The van der Waals surface area contributed by atoms with Gasteiger partial charge in [0.2, 0.25) is 5.89 Å². The highest BCUT2D eigenvalue weighted by atomic mass is 16.3. The van der Waals surface area contributed by atoms with Crippen molar-refractivity contribution in [3.05, 3.63) is 41.8 Å². The Hall–Kier alpha value is -2.10. The van der Waals surface area contributed by atoms with E-state index in [0.717, 1.165) is 18.4 Å². The zero-order valence-electron chi connectivity index (χ0n) is 12.3. The van der Waals surface area contributed by atoms with Gasteiger partial charge in [0, 0.05) is 11.6 Å². The first-order valence-corrected chi connectivity index (χ1v) is 7.56. The van der Waals surface area contributed by atoms with E-state index in [4.69, 9.17) is 4.42 Å². The fourth-order valence-electron chi connectivity index (χ4n) is 2.71. The van der Waals surface area contributed by atoms with Crippen LogP contribution in [0.2, 0.25) is 0 Å². The molecule has 4 nitrogen and oxygen atoms in total. The zero-order chi connectivity index (χ0) is 14.7. The molecular weight excluding hydrogens is 264 g/mol. The number of hydrogen-bond donors (Lipinski definition) is 1. The predicted octanol–water partition coefficient (Wildman–Crippen LogP) is 3.71. The monoisotopic (exact) mass is 284 g/mol. The first-order chi connectivity index (χ1) is 10.2. The van der Waals surface area contributed by atoms with Gasteiger partial charge < -0.3 is 9.73 Å². The van der Waals surface area contributed by atoms with E-state index < -0.39 is 0 Å². The van der Waals surface area contributed by atoms with Crippen LogP contribution in [0.5, 0.6) is 0 Å². The third kappa shape index (κ3) is 3.32. The molecule has 1 N–H and O–H groups in total. The van der Waals surface area contributed by atoms with E-state index in [2.05, 4.69) is 10.3 Å². The molecule has 0 unspecified atom stereocenters. The lowest BCUT2D eigenvalue weighted by Crippen LogP contribution is -2.36. The fourth-order valence-corrected chi connectivity index (χ4v) is 2.71. The largest absolute Gasteiger partial charge is 0.444 e. The second-order valence-electron chi connectivity index (χ2n) is 5.71. The summed E-state index contributed by atoms with van der Waals surface area (Å²) >= 11 is 0. The van der Waals surface area contributed by atoms with Crippen LogP contribution < -0.4 is 5.32 Å². The Morgan fingerprint density at radius 2 is 1.90 bits per heavy atom. The Kier molecular flexibility index (Phi) is 4.04. The predicted molar refractivity (Wildman–Crippen MR) is 81.0 cm³/mol. The van der Waals surface area contributed by atoms with E-state index in [1.54, 1.807) is 0 Å². The molecule has 1 fully saturated rings. The quantitative estimate of drug-likeness (QED) is 0.934. The molecule has 4 heteroatoms. The molecule has 0 radical (unpaired) electrons. The van der Waals surface area contributed by atoms with Gasteiger partial charge in [0.1, 0.15) is 6.26 Å². The highest BCUT2D eigenvalue weighted by Crippen LogP contribution is 2.20. The lowest BCUT2D eigenvalue weighted by molar-refractivity contribution is 0.0922. The van der Waals surface area contributed by atoms with Gasteiger partial charge in [-0.2, -0.15) is 0 Å². The summed E-state index contributed by atoms with van der Waals surface area (Å²) in [5.41, 5.74) is 2.43. The second kappa shape index (κ2) is 6.12. The van der Waals surface area contributed by atoms with Crippen molar-refractivity contribution >= 4 is 5.91 Å². The van der Waals surface area contributed by atoms with Crippen molar-refractivity contribution in [2.24, 2.45) is 0 Å². The van der Waals surface area contributed by atoms with Gasteiger partial charge in [-0.15, -0.1) is 0 Å². The standard InChI is InChI=1S/C17H20N2O2/c1-12-7-9-13(10-8-12)17-19-15(11-21-17)16(20)18-14-5-3-2-4-6-14/h7-11,14H,2-6H2,1H3,(H,18,20). The van der Waals surface area contributed by atoms with Crippen LogP contribution in [0.15, 0.2) is 34.9 Å². The Morgan fingerprint density at radius 1 is 1.19 bits per heavy atom. The average Bonchev–Trinajstić information content (AvgIpc) is 2.99. The molecule has 0 bridgehead atoms. The normalized spacial score (nSPS) is 15.9. The Labute approximate surface area is 124 Å². The number of nitrogens with one attached hydrogen (secondary N) is 1. The number of carbonyl (C=O) groups is 1. The molecule has 0 spiro atoms. The lowest BCUT2D eigenvalue weighted by Gasteiger charge is -2.22. The summed E-state index contributed by atoms with van der Waals surface area (Å²) in [6.45, 7) is 2.03. The number of oxazole rings is 1. The Bertz CT molecular complexity index is 610. The smallest absolute Gasteiger partial charge is 0.273 e. The molecule has 0 aliphatic heterocycles. The van der Waals surface area contributed by atoms with Crippen molar-refractivity contribution in [1.29, 1.82) is 0 Å². The van der Waals surface area contributed by atoms with E-state index >= 15 is 0 Å². The van der Waals surface area contributed by atoms with Crippen LogP contribution in [0, 0.1) is 6.92 Å². The molecule has 1 aromatic heterocycles. The zero-order valence-corrected chi connectivity index (χ0v) is 12.3. The van der Waals surface area contributed by atoms with E-state index in [9.17, 15) is 4.79 Å². The summed E-state index contributed by atoms with van der Waals surface area (Å²) in [5.74, 6) is 0.354. The van der Waals surface area contributed by atoms with Crippen molar-refractivity contribution in [2.75, 3.05) is 0 Å². The van der Waals surface area contributed by atoms with Gasteiger partial charge in [0.15, 0.2) is 5.69 Å². The first-order valence-electron chi connectivity index (χ1n) is 7.56. The van der Waals surface area contributed by atoms with Gasteiger partial charge in [-0.3, -0.25) is 4.79 Å². The fraction of sp³-hybridized carbons (Fsp3) is 0.412. The summed E-state index contributed by atoms with van der Waals surface area (Å²) in [7, 11) is 0. The van der Waals surface area contributed by atoms with Crippen LogP contribution in [-0.2, 0) is 0 Å². The summed E-state index contributed by atoms with van der Waals surface area (Å²) in [4.78, 5) is 16.5. The van der Waals surface area contributed by atoms with Crippen molar-refractivity contribution in [2.45, 2.75) is 45.1 Å². The lowest BCUT2D eigenvalue weighted by atomic mass is 9.95. The maximum atomic E-state index is 12.2. The molecule has 2 aromatic rings. The number of aromatic nitrogens is 1. The van der Waals surface area contributed by atoms with Gasteiger partial charge >= 0.3 is 0 Å². The molecule has 21 heavy (non-hydrogen) atoms. The summed E-state index contributed by atoms with van der Waals surface area (Å²) in [5, 5.41) is 3.05. The van der Waals surface area contributed by atoms with E-state index in [-0.39, 0.29) is 11.9 Å². The topological polar surface area (TPSA) is 55.1 Å². The van der Waals surface area contributed by atoms with Crippen LogP contribution in [0.25, 0.3) is 11.5 Å². The Morgan fingerprint density at radius 3 is 2.62 bits per heavy atom. The maximum Gasteiger partial charge on any atom is 0.273 e. The molecule has 1 aliphatic carbocycles. The van der Waals surface area contributed by atoms with Crippen molar-refractivity contribution < 1.29 is 9.21 Å². The van der Waals surface area contributed by atoms with Gasteiger partial charge in [0.25, 0.3) is 5.91 Å². The van der Waals surface area contributed by atoms with Crippen LogP contribution in [0.4, 0.5) is 0 Å². The molecule has 1 aliphatic rings. The molecule has 0 saturated heterocycles. The molecule has 1 amide bonds. The number of benzene rings is 1. The molecule has 1 heterocycles. The van der Waals surface area contributed by atoms with E-state index in [0.29, 0.717) is 11.6 Å². The summed E-state index contributed by atoms with van der Waals surface area (Å²) < 4.78 is 5.43. The van der Waals surface area contributed by atoms with Gasteiger partial charge in [-0.1, -0.05) is 37.0 Å². The third-order valence-corrected chi connectivity index (χ3v) is 3.98. The summed E-state index contributed by atoms with van der Waals surface area (Å²) in [6.07, 6.45) is 7.22. The van der Waals surface area contributed by atoms with E-state index in [1.807, 2.05) is 31.2 Å². The first kappa shape index (κ1) is 13.9. The van der Waals surface area contributed by atoms with Gasteiger partial charge in [-0.25, -0.2) is 4.98 Å². The maximum absolute atomic E-state index is 12.2. The number of nitrogens with zero attached hydrogens (tertiary/aromatic N) is 1. The number of aryl methyl sites for hydroxylation is 1. The third-order valence-electron chi connectivity index (χ3n) is 3.98. The van der Waals surface area contributed by atoms with Crippen molar-refractivity contribution in [3.8, 4) is 11.5 Å². The van der Waals surface area contributed by atoms with Gasteiger partial charge in [-0.05, 0) is 31.9 Å². The van der Waals surface area contributed by atoms with Crippen molar-refractivity contribution in [3.63, 3.8) is 0 Å². The van der Waals surface area contributed by atoms with Crippen LogP contribution in [0.1, 0.15) is 48.2 Å². The molecule has 0 atom stereocenters. The van der Waals surface area contributed by atoms with Crippen LogP contribution >= 0.6 is 0 Å². The molecule has 1 aromatic carbocycles. The summed E-state index contributed by atoms with van der Waals surface area (Å²) in [6, 6.07) is 8.18. The van der Waals surface area contributed by atoms with Crippen LogP contribution in [-0.4, -0.2) is 16.9 Å². The molecule has 110 valence electrons. The minimum Gasteiger partial charge on any atom is -0.444 e. The minimum atomic E-state index is -0.135. The second-order valence-corrected chi connectivity index (χ2v) is 5.71. The van der Waals surface area contributed by atoms with Crippen molar-refractivity contribution in [1.82, 2.24) is 10.3 Å². The molecule has 3 rings (SSSR count). The number of amides is 1. The van der Waals surface area contributed by atoms with Crippen LogP contribution in [0.3, 0.4) is 0 Å². The average molecular weight is 284 g/mol. The highest BCUT2D eigenvalue weighted by molar-refractivity contribution is 5.92. The number of carbonyl (C=O) groups excluding carboxylic acids is 1. The number of hydrogen-bond acceptors (Lipinski definition) is 3.